The molecule has 3 nitrogen and oxygen atoms in total. The predicted molar refractivity (Wildman–Crippen MR) is 60.6 cm³/mol. The van der Waals surface area contributed by atoms with Crippen LogP contribution in [0, 0.1) is 0 Å². The first kappa shape index (κ1) is 11.7. The monoisotopic (exact) mass is 298 g/mol. The summed E-state index contributed by atoms with van der Waals surface area (Å²) in [5.74, 6) is 0. The van der Waals surface area contributed by atoms with E-state index in [-0.39, 0.29) is 15.3 Å². The molecule has 0 radical (unpaired) electrons. The van der Waals surface area contributed by atoms with E-state index >= 15 is 0 Å². The molecule has 1 aliphatic rings. The quantitative estimate of drug-likeness (QED) is 0.445. The van der Waals surface area contributed by atoms with Gasteiger partial charge in [-0.05, 0) is 57.2 Å². The highest BCUT2D eigenvalue weighted by Gasteiger charge is 2.54. The fraction of sp³-hybridized carbons (Fsp3) is 1.00. The van der Waals surface area contributed by atoms with Crippen LogP contribution in [0.25, 0.3) is 0 Å². The van der Waals surface area contributed by atoms with Crippen LogP contribution in [0.3, 0.4) is 0 Å². The summed E-state index contributed by atoms with van der Waals surface area (Å²) in [7, 11) is -0.531. The topological polar surface area (TPSA) is 27.7 Å². The van der Waals surface area contributed by atoms with Crippen molar-refractivity contribution in [1.29, 1.82) is 0 Å². The van der Waals surface area contributed by atoms with E-state index in [2.05, 4.69) is 22.6 Å². The Bertz CT molecular complexity index is 178. The molecule has 1 unspecified atom stereocenters. The smallest absolute Gasteiger partial charge is 0.384 e. The normalized spacial score (nSPS) is 33.0. The highest BCUT2D eigenvalue weighted by molar-refractivity contribution is 14.1. The lowest BCUT2D eigenvalue weighted by atomic mass is 10.0. The predicted octanol–water partition coefficient (Wildman–Crippen LogP) is 2.37. The number of alkyl halides is 1. The lowest BCUT2D eigenvalue weighted by molar-refractivity contribution is 0.0666. The molecule has 0 aromatic rings. The molecule has 0 amide bonds. The summed E-state index contributed by atoms with van der Waals surface area (Å²) in [6, 6.07) is 0. The van der Waals surface area contributed by atoms with Gasteiger partial charge in [-0.2, -0.15) is 0 Å². The SMILES string of the molecule is CC(C)OB1OC(C)(C)C(C)(I)O1. The van der Waals surface area contributed by atoms with Crippen molar-refractivity contribution in [2.75, 3.05) is 0 Å². The minimum absolute atomic E-state index is 0.117. The first-order valence-electron chi connectivity index (χ1n) is 4.44. The highest BCUT2D eigenvalue weighted by Crippen LogP contribution is 2.42. The minimum atomic E-state index is -0.531. The molecule has 0 spiro atoms. The fourth-order valence-electron chi connectivity index (χ4n) is 0.970. The maximum atomic E-state index is 5.62. The van der Waals surface area contributed by atoms with Gasteiger partial charge in [0.05, 0.1) is 5.60 Å². The van der Waals surface area contributed by atoms with Gasteiger partial charge in [-0.1, -0.05) is 0 Å². The number of hydrogen-bond donors (Lipinski definition) is 0. The van der Waals surface area contributed by atoms with E-state index in [1.54, 1.807) is 0 Å². The van der Waals surface area contributed by atoms with Crippen molar-refractivity contribution in [1.82, 2.24) is 0 Å². The van der Waals surface area contributed by atoms with E-state index in [4.69, 9.17) is 14.0 Å². The van der Waals surface area contributed by atoms with Crippen molar-refractivity contribution in [3.05, 3.63) is 0 Å². The summed E-state index contributed by atoms with van der Waals surface area (Å²) >= 11 is 2.24. The first-order valence-corrected chi connectivity index (χ1v) is 5.52. The van der Waals surface area contributed by atoms with Crippen molar-refractivity contribution in [3.63, 3.8) is 0 Å². The molecule has 1 atom stereocenters. The van der Waals surface area contributed by atoms with E-state index < -0.39 is 7.32 Å². The van der Waals surface area contributed by atoms with Crippen LogP contribution in [0.2, 0.25) is 0 Å². The lowest BCUT2D eigenvalue weighted by Gasteiger charge is -2.29. The van der Waals surface area contributed by atoms with Crippen LogP contribution in [-0.2, 0) is 14.0 Å². The summed E-state index contributed by atoms with van der Waals surface area (Å²) in [6.45, 7) is 9.93. The molecule has 0 N–H and O–H groups in total. The van der Waals surface area contributed by atoms with Gasteiger partial charge in [0.1, 0.15) is 3.61 Å². The zero-order valence-corrected chi connectivity index (χ0v) is 10.9. The molecule has 76 valence electrons. The van der Waals surface area contributed by atoms with E-state index in [1.165, 1.54) is 0 Å². The van der Waals surface area contributed by atoms with Crippen LogP contribution in [0.4, 0.5) is 0 Å². The van der Waals surface area contributed by atoms with Crippen molar-refractivity contribution in [2.24, 2.45) is 0 Å². The molecule has 1 saturated heterocycles. The molecule has 0 aromatic heterocycles. The fourth-order valence-corrected chi connectivity index (χ4v) is 1.31. The molecule has 0 saturated carbocycles. The molecule has 5 heteroatoms. The van der Waals surface area contributed by atoms with Gasteiger partial charge in [-0.15, -0.1) is 0 Å². The lowest BCUT2D eigenvalue weighted by Crippen LogP contribution is -2.38. The average molecular weight is 298 g/mol. The Kier molecular flexibility index (Phi) is 3.32. The average Bonchev–Trinajstić information content (AvgIpc) is 1.98. The van der Waals surface area contributed by atoms with Gasteiger partial charge in [-0.25, -0.2) is 0 Å². The Morgan fingerprint density at radius 1 is 1.23 bits per heavy atom. The molecule has 1 heterocycles. The molecular weight excluding hydrogens is 282 g/mol. The van der Waals surface area contributed by atoms with Crippen LogP contribution < -0.4 is 0 Å². The van der Waals surface area contributed by atoms with E-state index in [9.17, 15) is 0 Å². The summed E-state index contributed by atoms with van der Waals surface area (Å²) < 4.78 is 16.3. The number of hydrogen-bond acceptors (Lipinski definition) is 3. The number of halogens is 1. The van der Waals surface area contributed by atoms with Gasteiger partial charge in [0.2, 0.25) is 0 Å². The molecule has 13 heavy (non-hydrogen) atoms. The maximum Gasteiger partial charge on any atom is 0.641 e. The van der Waals surface area contributed by atoms with Gasteiger partial charge in [0.25, 0.3) is 0 Å². The first-order chi connectivity index (χ1) is 5.74. The zero-order chi connectivity index (χ0) is 10.3. The van der Waals surface area contributed by atoms with Crippen LogP contribution in [0.1, 0.15) is 34.6 Å². The van der Waals surface area contributed by atoms with E-state index in [0.29, 0.717) is 0 Å². The third-order valence-corrected chi connectivity index (χ3v) is 3.72. The zero-order valence-electron chi connectivity index (χ0n) is 8.76. The Morgan fingerprint density at radius 2 is 1.77 bits per heavy atom. The van der Waals surface area contributed by atoms with Crippen LogP contribution in [0.15, 0.2) is 0 Å². The van der Waals surface area contributed by atoms with Gasteiger partial charge < -0.3 is 14.0 Å². The summed E-state index contributed by atoms with van der Waals surface area (Å²) in [5, 5.41) is 0. The Labute approximate surface area is 93.8 Å². The molecular formula is C8H16BIO3. The van der Waals surface area contributed by atoms with E-state index in [0.717, 1.165) is 0 Å². The second-order valence-electron chi connectivity index (χ2n) is 4.14. The molecule has 0 aliphatic carbocycles. The Morgan fingerprint density at radius 3 is 2.08 bits per heavy atom. The minimum Gasteiger partial charge on any atom is -0.384 e. The van der Waals surface area contributed by atoms with E-state index in [1.807, 2.05) is 34.6 Å². The number of rotatable bonds is 2. The highest BCUT2D eigenvalue weighted by atomic mass is 127. The third-order valence-electron chi connectivity index (χ3n) is 2.17. The molecule has 0 aromatic carbocycles. The molecule has 1 aliphatic heterocycles. The van der Waals surface area contributed by atoms with Crippen LogP contribution in [-0.4, -0.2) is 22.6 Å². The summed E-state index contributed by atoms with van der Waals surface area (Å²) in [6.07, 6.45) is 0.117. The molecule has 1 rings (SSSR count). The van der Waals surface area contributed by atoms with Gasteiger partial charge >= 0.3 is 7.32 Å². The second-order valence-corrected chi connectivity index (χ2v) is 6.19. The maximum absolute atomic E-state index is 5.62. The Hall–Kier alpha value is 0.675. The van der Waals surface area contributed by atoms with Gasteiger partial charge in [0.15, 0.2) is 0 Å². The van der Waals surface area contributed by atoms with Gasteiger partial charge in [-0.3, -0.25) is 0 Å². The van der Waals surface area contributed by atoms with Crippen LogP contribution >= 0.6 is 22.6 Å². The Balaban J connectivity index is 2.60. The second kappa shape index (κ2) is 3.68. The summed E-state index contributed by atoms with van der Waals surface area (Å²) in [4.78, 5) is 0. The molecule has 1 fully saturated rings. The third kappa shape index (κ3) is 2.58. The van der Waals surface area contributed by atoms with Crippen molar-refractivity contribution >= 4 is 29.9 Å². The molecule has 0 bridgehead atoms. The standard InChI is InChI=1S/C8H16BIO3/c1-6(2)11-9-12-7(3,4)8(5,10)13-9/h6H,1-5H3. The van der Waals surface area contributed by atoms with Crippen molar-refractivity contribution < 1.29 is 14.0 Å². The van der Waals surface area contributed by atoms with Crippen molar-refractivity contribution in [2.45, 2.75) is 49.9 Å². The largest absolute Gasteiger partial charge is 0.641 e. The van der Waals surface area contributed by atoms with Gasteiger partial charge in [0, 0.05) is 6.10 Å². The summed E-state index contributed by atoms with van der Waals surface area (Å²) in [5.41, 5.74) is -0.312. The van der Waals surface area contributed by atoms with Crippen LogP contribution in [0.5, 0.6) is 0 Å². The van der Waals surface area contributed by atoms with Crippen molar-refractivity contribution in [3.8, 4) is 0 Å².